The lowest BCUT2D eigenvalue weighted by atomic mass is 9.95. The number of nitrogens with zero attached hydrogens (tertiary/aromatic N) is 1. The fraction of sp³-hybridized carbons (Fsp3) is 1.00. The largest absolute Gasteiger partial charge is 0.326 e. The van der Waals surface area contributed by atoms with Gasteiger partial charge in [0, 0.05) is 18.6 Å². The summed E-state index contributed by atoms with van der Waals surface area (Å²) in [6, 6.07) is 1.33. The third-order valence-corrected chi connectivity index (χ3v) is 3.17. The van der Waals surface area contributed by atoms with E-state index in [9.17, 15) is 0 Å². The number of piperidine rings is 1. The van der Waals surface area contributed by atoms with E-state index in [1.54, 1.807) is 0 Å². The van der Waals surface area contributed by atoms with Crippen LogP contribution in [-0.2, 0) is 0 Å². The molecule has 0 aromatic carbocycles. The summed E-state index contributed by atoms with van der Waals surface area (Å²) in [4.78, 5) is 2.42. The molecule has 1 heterocycles. The van der Waals surface area contributed by atoms with E-state index >= 15 is 0 Å². The summed E-state index contributed by atoms with van der Waals surface area (Å²) < 4.78 is 0. The lowest BCUT2D eigenvalue weighted by Crippen LogP contribution is -2.47. The number of nitrogens with two attached hydrogens (primary N) is 1. The summed E-state index contributed by atoms with van der Waals surface area (Å²) in [7, 11) is 2.20. The van der Waals surface area contributed by atoms with Crippen LogP contribution in [-0.4, -0.2) is 30.6 Å². The first-order valence-electron chi connectivity index (χ1n) is 4.23. The monoisotopic (exact) mass is 140 g/mol. The Hall–Kier alpha value is -0.0800. The number of rotatable bonds is 0. The molecule has 3 atom stereocenters. The van der Waals surface area contributed by atoms with Crippen LogP contribution >= 0.6 is 0 Å². The van der Waals surface area contributed by atoms with Crippen molar-refractivity contribution >= 4 is 0 Å². The van der Waals surface area contributed by atoms with Crippen LogP contribution in [0.15, 0.2) is 0 Å². The summed E-state index contributed by atoms with van der Waals surface area (Å²) in [5, 5.41) is 0. The smallest absolute Gasteiger partial charge is 0.0197 e. The van der Waals surface area contributed by atoms with Crippen LogP contribution in [0.4, 0.5) is 0 Å². The van der Waals surface area contributed by atoms with Crippen LogP contribution in [0.3, 0.4) is 0 Å². The van der Waals surface area contributed by atoms with Crippen molar-refractivity contribution in [3.8, 4) is 0 Å². The van der Waals surface area contributed by atoms with Crippen LogP contribution in [0.2, 0.25) is 0 Å². The maximum absolute atomic E-state index is 5.96. The summed E-state index contributed by atoms with van der Waals surface area (Å²) >= 11 is 0. The Morgan fingerprint density at radius 2 is 2.20 bits per heavy atom. The molecule has 10 heavy (non-hydrogen) atoms. The van der Waals surface area contributed by atoms with E-state index in [4.69, 9.17) is 5.73 Å². The Morgan fingerprint density at radius 3 is 3.00 bits per heavy atom. The second kappa shape index (κ2) is 2.21. The van der Waals surface area contributed by atoms with Gasteiger partial charge in [0.25, 0.3) is 0 Å². The zero-order valence-corrected chi connectivity index (χ0v) is 6.59. The highest BCUT2D eigenvalue weighted by atomic mass is 15.2. The predicted molar refractivity (Wildman–Crippen MR) is 41.7 cm³/mol. The maximum Gasteiger partial charge on any atom is 0.0197 e. The number of hydrogen-bond acceptors (Lipinski definition) is 2. The molecule has 3 unspecified atom stereocenters. The lowest BCUT2D eigenvalue weighted by molar-refractivity contribution is 0.172. The molecule has 0 aromatic rings. The van der Waals surface area contributed by atoms with Crippen molar-refractivity contribution in [1.29, 1.82) is 0 Å². The topological polar surface area (TPSA) is 29.3 Å². The van der Waals surface area contributed by atoms with E-state index in [1.165, 1.54) is 19.3 Å². The van der Waals surface area contributed by atoms with Crippen LogP contribution < -0.4 is 5.73 Å². The van der Waals surface area contributed by atoms with Gasteiger partial charge in [-0.05, 0) is 32.2 Å². The zero-order valence-electron chi connectivity index (χ0n) is 6.59. The maximum atomic E-state index is 5.96. The Labute approximate surface area is 62.4 Å². The first-order chi connectivity index (χ1) is 4.77. The first kappa shape index (κ1) is 6.62. The molecule has 2 heteroatoms. The van der Waals surface area contributed by atoms with Gasteiger partial charge in [-0.25, -0.2) is 0 Å². The van der Waals surface area contributed by atoms with E-state index < -0.39 is 0 Å². The molecule has 0 radical (unpaired) electrons. The molecule has 2 N–H and O–H groups in total. The Morgan fingerprint density at radius 1 is 1.40 bits per heavy atom. The molecule has 2 aliphatic rings. The molecule has 1 aliphatic heterocycles. The fourth-order valence-corrected chi connectivity index (χ4v) is 2.41. The number of hydrogen-bond donors (Lipinski definition) is 1. The van der Waals surface area contributed by atoms with Crippen molar-refractivity contribution in [3.05, 3.63) is 0 Å². The Kier molecular flexibility index (Phi) is 1.46. The summed E-state index contributed by atoms with van der Waals surface area (Å²) in [5.41, 5.74) is 5.96. The molecular formula is C8H16N2. The average molecular weight is 140 g/mol. The predicted octanol–water partition coefficient (Wildman–Crippen LogP) is 0.428. The van der Waals surface area contributed by atoms with Crippen molar-refractivity contribution in [2.45, 2.75) is 31.3 Å². The number of likely N-dealkylation sites (N-methyl/N-ethyl adjacent to an activating group) is 1. The third kappa shape index (κ3) is 0.867. The van der Waals surface area contributed by atoms with Gasteiger partial charge in [-0.15, -0.1) is 0 Å². The van der Waals surface area contributed by atoms with Crippen molar-refractivity contribution in [3.63, 3.8) is 0 Å². The molecule has 2 rings (SSSR count). The van der Waals surface area contributed by atoms with Crippen LogP contribution in [0.5, 0.6) is 0 Å². The van der Waals surface area contributed by atoms with Gasteiger partial charge in [0.05, 0.1) is 0 Å². The molecule has 0 spiro atoms. The van der Waals surface area contributed by atoms with Crippen molar-refractivity contribution in [2.75, 3.05) is 13.6 Å². The Balaban J connectivity index is 2.09. The van der Waals surface area contributed by atoms with Crippen LogP contribution in [0.25, 0.3) is 0 Å². The fourth-order valence-electron chi connectivity index (χ4n) is 2.41. The van der Waals surface area contributed by atoms with Gasteiger partial charge in [0.2, 0.25) is 0 Å². The van der Waals surface area contributed by atoms with Crippen molar-refractivity contribution in [2.24, 2.45) is 11.7 Å². The van der Waals surface area contributed by atoms with E-state index in [2.05, 4.69) is 11.9 Å². The molecular weight excluding hydrogens is 124 g/mol. The molecule has 0 aromatic heterocycles. The summed E-state index contributed by atoms with van der Waals surface area (Å²) in [6.45, 7) is 1.12. The highest BCUT2D eigenvalue weighted by molar-refractivity contribution is 4.93. The highest BCUT2D eigenvalue weighted by Gasteiger charge is 2.36. The van der Waals surface area contributed by atoms with Gasteiger partial charge < -0.3 is 10.6 Å². The summed E-state index contributed by atoms with van der Waals surface area (Å²) in [5.74, 6) is 0.848. The normalized spacial score (nSPS) is 48.0. The molecule has 58 valence electrons. The molecule has 2 fully saturated rings. The van der Waals surface area contributed by atoms with Crippen LogP contribution in [0.1, 0.15) is 19.3 Å². The molecule has 2 nitrogen and oxygen atoms in total. The standard InChI is InChI=1S/C8H16N2/c1-10-5-8(9)6-2-3-7(10)4-6/h6-8H,2-5,9H2,1H3. The molecule has 0 amide bonds. The second-order valence-corrected chi connectivity index (χ2v) is 3.83. The first-order valence-corrected chi connectivity index (χ1v) is 4.23. The minimum absolute atomic E-state index is 0.462. The quantitative estimate of drug-likeness (QED) is 0.528. The van der Waals surface area contributed by atoms with Gasteiger partial charge in [0.15, 0.2) is 0 Å². The van der Waals surface area contributed by atoms with E-state index in [0.29, 0.717) is 6.04 Å². The third-order valence-electron chi connectivity index (χ3n) is 3.17. The van der Waals surface area contributed by atoms with E-state index in [-0.39, 0.29) is 0 Å². The van der Waals surface area contributed by atoms with Crippen LogP contribution in [0, 0.1) is 5.92 Å². The number of likely N-dealkylation sites (tertiary alicyclic amines) is 1. The second-order valence-electron chi connectivity index (χ2n) is 3.83. The highest BCUT2D eigenvalue weighted by Crippen LogP contribution is 2.34. The van der Waals surface area contributed by atoms with Gasteiger partial charge in [0.1, 0.15) is 0 Å². The van der Waals surface area contributed by atoms with Gasteiger partial charge in [-0.3, -0.25) is 0 Å². The van der Waals surface area contributed by atoms with Gasteiger partial charge in [-0.1, -0.05) is 0 Å². The SMILES string of the molecule is CN1CC(N)C2CCC1C2. The van der Waals surface area contributed by atoms with E-state index in [1.807, 2.05) is 0 Å². The molecule has 1 aliphatic carbocycles. The molecule has 1 saturated carbocycles. The summed E-state index contributed by atoms with van der Waals surface area (Å²) in [6.07, 6.45) is 4.11. The lowest BCUT2D eigenvalue weighted by Gasteiger charge is -2.33. The van der Waals surface area contributed by atoms with Crippen molar-refractivity contribution < 1.29 is 0 Å². The Bertz CT molecular complexity index is 121. The molecule has 2 bridgehead atoms. The number of fused-ring (bicyclic) bond motifs is 2. The minimum Gasteiger partial charge on any atom is -0.326 e. The zero-order chi connectivity index (χ0) is 7.14. The van der Waals surface area contributed by atoms with Gasteiger partial charge in [-0.2, -0.15) is 0 Å². The molecule has 1 saturated heterocycles. The minimum atomic E-state index is 0.462. The van der Waals surface area contributed by atoms with E-state index in [0.717, 1.165) is 18.5 Å². The van der Waals surface area contributed by atoms with Crippen molar-refractivity contribution in [1.82, 2.24) is 4.90 Å². The average Bonchev–Trinajstić information content (AvgIpc) is 2.28. The van der Waals surface area contributed by atoms with Gasteiger partial charge >= 0.3 is 0 Å².